The molecule has 2 saturated heterocycles. The molecule has 39 heavy (non-hydrogen) atoms. The molecule has 1 aromatic carbocycles. The highest BCUT2D eigenvalue weighted by atomic mass is 16.5. The molecular formula is C27H28N2O10. The Balaban J connectivity index is 1.59. The second kappa shape index (κ2) is 9.83. The smallest absolute Gasteiger partial charge is 0.305 e. The summed E-state index contributed by atoms with van der Waals surface area (Å²) >= 11 is 0. The number of carbonyl (C=O) groups is 6. The van der Waals surface area contributed by atoms with Gasteiger partial charge in [-0.1, -0.05) is 11.6 Å². The lowest BCUT2D eigenvalue weighted by Gasteiger charge is -2.44. The number of imide groups is 2. The van der Waals surface area contributed by atoms with Gasteiger partial charge in [-0.05, 0) is 37.0 Å². The normalized spacial score (nSPS) is 29.6. The number of phenolic OH excluding ortho intramolecular Hbond substituents is 1. The van der Waals surface area contributed by atoms with Crippen molar-refractivity contribution in [2.45, 2.75) is 31.6 Å². The Hall–Kier alpha value is -4.22. The van der Waals surface area contributed by atoms with Crippen molar-refractivity contribution in [3.8, 4) is 11.5 Å². The van der Waals surface area contributed by atoms with Gasteiger partial charge in [-0.15, -0.1) is 0 Å². The zero-order valence-electron chi connectivity index (χ0n) is 21.1. The summed E-state index contributed by atoms with van der Waals surface area (Å²) in [5.74, 6) is -8.88. The summed E-state index contributed by atoms with van der Waals surface area (Å²) in [6.07, 6.45) is 1.27. The quantitative estimate of drug-likeness (QED) is 0.318. The standard InChI is InChI=1S/C27H28N2O10/c1-39-12-2-5-18(30)16(10-12)21-13-3-4-14-22(26(37)28(24(14)35)8-6-19(31)32)15(13)11-17-23(21)27(38)29(25(17)36)9-7-20(33)34/h2-3,5,10,14-15,17,21-23,30H,4,6-9,11H2,1H3,(H,31,32)(H,33,34). The average Bonchev–Trinajstić information content (AvgIpc) is 3.29. The number of phenols is 1. The van der Waals surface area contributed by atoms with E-state index in [1.165, 1.54) is 13.2 Å². The number of nitrogens with zero attached hydrogens (tertiary/aromatic N) is 2. The highest BCUT2D eigenvalue weighted by Gasteiger charge is 2.62. The highest BCUT2D eigenvalue weighted by molar-refractivity contribution is 6.08. The van der Waals surface area contributed by atoms with Crippen LogP contribution < -0.4 is 4.74 Å². The van der Waals surface area contributed by atoms with Gasteiger partial charge in [-0.25, -0.2) is 0 Å². The molecule has 0 radical (unpaired) electrons. The summed E-state index contributed by atoms with van der Waals surface area (Å²) in [5, 5.41) is 29.1. The van der Waals surface area contributed by atoms with Crippen LogP contribution in [0.2, 0.25) is 0 Å². The number of ether oxygens (including phenoxy) is 1. The number of rotatable bonds is 8. The first-order chi connectivity index (χ1) is 18.5. The molecular weight excluding hydrogens is 512 g/mol. The Morgan fingerprint density at radius 2 is 1.46 bits per heavy atom. The van der Waals surface area contributed by atoms with E-state index in [0.29, 0.717) is 16.9 Å². The van der Waals surface area contributed by atoms with Gasteiger partial charge in [0.25, 0.3) is 0 Å². The van der Waals surface area contributed by atoms with Crippen LogP contribution in [0.15, 0.2) is 29.8 Å². The number of carboxylic acid groups (broad SMARTS) is 2. The maximum atomic E-state index is 13.6. The van der Waals surface area contributed by atoms with Crippen molar-refractivity contribution in [3.05, 3.63) is 35.4 Å². The lowest BCUT2D eigenvalue weighted by Crippen LogP contribution is -2.43. The zero-order valence-corrected chi connectivity index (χ0v) is 21.1. The number of aromatic hydroxyl groups is 1. The second-order valence-corrected chi connectivity index (χ2v) is 10.4. The van der Waals surface area contributed by atoms with Crippen LogP contribution in [0.3, 0.4) is 0 Å². The second-order valence-electron chi connectivity index (χ2n) is 10.4. The van der Waals surface area contributed by atoms with E-state index < -0.39 is 83.9 Å². The summed E-state index contributed by atoms with van der Waals surface area (Å²) in [6.45, 7) is -0.554. The fourth-order valence-corrected chi connectivity index (χ4v) is 6.83. The third-order valence-corrected chi connectivity index (χ3v) is 8.50. The first-order valence-corrected chi connectivity index (χ1v) is 12.8. The summed E-state index contributed by atoms with van der Waals surface area (Å²) in [5.41, 5.74) is 0.989. The Morgan fingerprint density at radius 3 is 2.05 bits per heavy atom. The minimum absolute atomic E-state index is 0.0961. The number of hydrogen-bond acceptors (Lipinski definition) is 8. The molecule has 12 nitrogen and oxygen atoms in total. The average molecular weight is 541 g/mol. The molecule has 0 aromatic heterocycles. The van der Waals surface area contributed by atoms with Gasteiger partial charge in [-0.2, -0.15) is 0 Å². The first kappa shape index (κ1) is 26.4. The molecule has 4 aliphatic rings. The van der Waals surface area contributed by atoms with E-state index in [1.807, 2.05) is 0 Å². The SMILES string of the molecule is COc1ccc(O)c(C2C3=CCC4C(=O)N(CCC(=O)O)C(=O)C4C3CC3C(=O)N(CCC(=O)O)C(=O)C32)c1. The van der Waals surface area contributed by atoms with E-state index in [9.17, 15) is 33.9 Å². The van der Waals surface area contributed by atoms with Gasteiger partial charge in [0, 0.05) is 24.6 Å². The van der Waals surface area contributed by atoms with Crippen LogP contribution in [0, 0.1) is 29.6 Å². The number of fused-ring (bicyclic) bond motifs is 4. The lowest BCUT2D eigenvalue weighted by atomic mass is 9.57. The van der Waals surface area contributed by atoms with Crippen molar-refractivity contribution in [3.63, 3.8) is 0 Å². The van der Waals surface area contributed by atoms with E-state index in [0.717, 1.165) is 9.80 Å². The summed E-state index contributed by atoms with van der Waals surface area (Å²) in [6, 6.07) is 4.54. The van der Waals surface area contributed by atoms with Gasteiger partial charge < -0.3 is 20.1 Å². The number of carbonyl (C=O) groups excluding carboxylic acids is 4. The largest absolute Gasteiger partial charge is 0.508 e. The summed E-state index contributed by atoms with van der Waals surface area (Å²) in [7, 11) is 1.44. The molecule has 2 aliphatic carbocycles. The molecule has 5 rings (SSSR count). The number of likely N-dealkylation sites (tertiary alicyclic amines) is 2. The maximum Gasteiger partial charge on any atom is 0.305 e. The topological polar surface area (TPSA) is 179 Å². The Bertz CT molecular complexity index is 1320. The molecule has 4 amide bonds. The first-order valence-electron chi connectivity index (χ1n) is 12.8. The molecule has 3 fully saturated rings. The van der Waals surface area contributed by atoms with E-state index >= 15 is 0 Å². The van der Waals surface area contributed by atoms with Gasteiger partial charge in [0.2, 0.25) is 23.6 Å². The predicted octanol–water partition coefficient (Wildman–Crippen LogP) is 0.986. The van der Waals surface area contributed by atoms with E-state index in [2.05, 4.69) is 0 Å². The van der Waals surface area contributed by atoms with Crippen LogP contribution in [-0.2, 0) is 28.8 Å². The molecule has 206 valence electrons. The third-order valence-electron chi connectivity index (χ3n) is 8.50. The van der Waals surface area contributed by atoms with Crippen molar-refractivity contribution >= 4 is 35.6 Å². The number of allylic oxidation sites excluding steroid dienone is 2. The minimum atomic E-state index is -1.16. The number of benzene rings is 1. The summed E-state index contributed by atoms with van der Waals surface area (Å²) in [4.78, 5) is 77.9. The molecule has 12 heteroatoms. The molecule has 1 saturated carbocycles. The highest BCUT2D eigenvalue weighted by Crippen LogP contribution is 2.59. The number of aliphatic carboxylic acids is 2. The molecule has 6 atom stereocenters. The van der Waals surface area contributed by atoms with Crippen LogP contribution in [0.25, 0.3) is 0 Å². The molecule has 2 aliphatic heterocycles. The predicted molar refractivity (Wildman–Crippen MR) is 130 cm³/mol. The third kappa shape index (κ3) is 4.23. The molecule has 3 N–H and O–H groups in total. The van der Waals surface area contributed by atoms with Gasteiger partial charge >= 0.3 is 11.9 Å². The van der Waals surface area contributed by atoms with E-state index in [1.54, 1.807) is 18.2 Å². The van der Waals surface area contributed by atoms with Crippen LogP contribution >= 0.6 is 0 Å². The van der Waals surface area contributed by atoms with Gasteiger partial charge in [0.05, 0.1) is 43.6 Å². The number of hydrogen-bond donors (Lipinski definition) is 3. The van der Waals surface area contributed by atoms with Gasteiger partial charge in [0.1, 0.15) is 11.5 Å². The molecule has 0 bridgehead atoms. The Labute approximate surface area is 222 Å². The van der Waals surface area contributed by atoms with Crippen LogP contribution in [0.4, 0.5) is 0 Å². The Kier molecular flexibility index (Phi) is 6.65. The van der Waals surface area contributed by atoms with Gasteiger partial charge in [-0.3, -0.25) is 38.6 Å². The lowest BCUT2D eigenvalue weighted by molar-refractivity contribution is -0.145. The van der Waals surface area contributed by atoms with Gasteiger partial charge in [0.15, 0.2) is 0 Å². The number of amides is 4. The Morgan fingerprint density at radius 1 is 0.872 bits per heavy atom. The molecule has 0 spiro atoms. The van der Waals surface area contributed by atoms with Crippen molar-refractivity contribution in [2.75, 3.05) is 20.2 Å². The van der Waals surface area contributed by atoms with Crippen molar-refractivity contribution < 1.29 is 48.8 Å². The molecule has 2 heterocycles. The van der Waals surface area contributed by atoms with Crippen LogP contribution in [0.1, 0.15) is 37.2 Å². The van der Waals surface area contributed by atoms with Crippen molar-refractivity contribution in [1.29, 1.82) is 0 Å². The van der Waals surface area contributed by atoms with Crippen LogP contribution in [0.5, 0.6) is 11.5 Å². The van der Waals surface area contributed by atoms with E-state index in [-0.39, 0.29) is 31.7 Å². The number of carboxylic acids is 2. The minimum Gasteiger partial charge on any atom is -0.508 e. The van der Waals surface area contributed by atoms with Crippen molar-refractivity contribution in [2.24, 2.45) is 29.6 Å². The number of methoxy groups -OCH3 is 1. The fourth-order valence-electron chi connectivity index (χ4n) is 6.83. The maximum absolute atomic E-state index is 13.6. The van der Waals surface area contributed by atoms with E-state index in [4.69, 9.17) is 14.9 Å². The van der Waals surface area contributed by atoms with Crippen LogP contribution in [-0.4, -0.2) is 80.9 Å². The molecule has 6 unspecified atom stereocenters. The fraction of sp³-hybridized carbons (Fsp3) is 0.481. The zero-order chi connectivity index (χ0) is 28.2. The molecule has 1 aromatic rings. The summed E-state index contributed by atoms with van der Waals surface area (Å²) < 4.78 is 5.33. The van der Waals surface area contributed by atoms with Crippen molar-refractivity contribution in [1.82, 2.24) is 9.80 Å². The monoisotopic (exact) mass is 540 g/mol.